The molecule has 0 bridgehead atoms. The third-order valence-electron chi connectivity index (χ3n) is 3.38. The second-order valence-corrected chi connectivity index (χ2v) is 4.49. The smallest absolute Gasteiger partial charge is 0.123 e. The molecule has 0 aromatic heterocycles. The van der Waals surface area contributed by atoms with Gasteiger partial charge in [-0.1, -0.05) is 12.5 Å². The topological polar surface area (TPSA) is 23.8 Å². The van der Waals surface area contributed by atoms with E-state index in [1.807, 2.05) is 13.0 Å². The number of nitrogens with zero attached hydrogens (tertiary/aromatic N) is 1. The van der Waals surface area contributed by atoms with Crippen LogP contribution in [0.4, 0.5) is 4.39 Å². The van der Waals surface area contributed by atoms with Gasteiger partial charge < -0.3 is 0 Å². The van der Waals surface area contributed by atoms with Gasteiger partial charge in [0.05, 0.1) is 11.5 Å². The van der Waals surface area contributed by atoms with Gasteiger partial charge in [-0.3, -0.25) is 0 Å². The highest BCUT2D eigenvalue weighted by Gasteiger charge is 2.37. The Balaban J connectivity index is 2.21. The molecule has 1 saturated carbocycles. The van der Waals surface area contributed by atoms with E-state index in [9.17, 15) is 4.39 Å². The summed E-state index contributed by atoms with van der Waals surface area (Å²) in [5.41, 5.74) is 1.90. The Labute approximate surface area is 89.5 Å². The summed E-state index contributed by atoms with van der Waals surface area (Å²) >= 11 is 0. The molecule has 0 heterocycles. The van der Waals surface area contributed by atoms with E-state index in [1.165, 1.54) is 6.07 Å². The standard InChI is InChI=1S/C13H14FN/c1-10-7-12(14)4-3-11(10)8-13(9-15)5-2-6-13/h3-4,7H,2,5-6,8H2,1H3. The predicted octanol–water partition coefficient (Wildman–Crippen LogP) is 3.37. The number of hydrogen-bond acceptors (Lipinski definition) is 1. The second kappa shape index (κ2) is 3.66. The third-order valence-corrected chi connectivity index (χ3v) is 3.38. The van der Waals surface area contributed by atoms with Crippen LogP contribution in [0.1, 0.15) is 30.4 Å². The molecule has 2 rings (SSSR count). The molecule has 1 aliphatic carbocycles. The Bertz CT molecular complexity index is 413. The molecule has 1 aromatic carbocycles. The number of nitriles is 1. The second-order valence-electron chi connectivity index (χ2n) is 4.49. The van der Waals surface area contributed by atoms with Crippen LogP contribution < -0.4 is 0 Å². The lowest BCUT2D eigenvalue weighted by Gasteiger charge is -2.35. The lowest BCUT2D eigenvalue weighted by atomic mass is 9.66. The van der Waals surface area contributed by atoms with Gasteiger partial charge in [0.1, 0.15) is 5.82 Å². The Morgan fingerprint density at radius 3 is 2.67 bits per heavy atom. The van der Waals surface area contributed by atoms with Gasteiger partial charge in [0, 0.05) is 0 Å². The molecule has 0 aliphatic heterocycles. The van der Waals surface area contributed by atoms with Crippen molar-refractivity contribution in [2.75, 3.05) is 0 Å². The van der Waals surface area contributed by atoms with Crippen molar-refractivity contribution in [1.29, 1.82) is 5.26 Å². The van der Waals surface area contributed by atoms with E-state index in [4.69, 9.17) is 5.26 Å². The first kappa shape index (κ1) is 10.2. The fourth-order valence-electron chi connectivity index (χ4n) is 2.15. The van der Waals surface area contributed by atoms with E-state index in [-0.39, 0.29) is 11.2 Å². The minimum Gasteiger partial charge on any atom is -0.207 e. The summed E-state index contributed by atoms with van der Waals surface area (Å²) in [6.45, 7) is 1.90. The van der Waals surface area contributed by atoms with Crippen LogP contribution in [0, 0.1) is 29.5 Å². The summed E-state index contributed by atoms with van der Waals surface area (Å²) in [6.07, 6.45) is 3.89. The Hall–Kier alpha value is -1.36. The number of benzene rings is 1. The van der Waals surface area contributed by atoms with Crippen molar-refractivity contribution in [2.45, 2.75) is 32.6 Å². The molecule has 0 atom stereocenters. The molecule has 0 saturated heterocycles. The van der Waals surface area contributed by atoms with Crippen LogP contribution in [0.2, 0.25) is 0 Å². The van der Waals surface area contributed by atoms with E-state index in [1.54, 1.807) is 6.07 Å². The van der Waals surface area contributed by atoms with Crippen LogP contribution in [-0.2, 0) is 6.42 Å². The summed E-state index contributed by atoms with van der Waals surface area (Å²) in [4.78, 5) is 0. The lowest BCUT2D eigenvalue weighted by molar-refractivity contribution is 0.213. The zero-order valence-electron chi connectivity index (χ0n) is 8.89. The molecule has 78 valence electrons. The summed E-state index contributed by atoms with van der Waals surface area (Å²) in [5.74, 6) is -0.198. The number of rotatable bonds is 2. The van der Waals surface area contributed by atoms with E-state index >= 15 is 0 Å². The number of aryl methyl sites for hydroxylation is 1. The van der Waals surface area contributed by atoms with E-state index in [0.717, 1.165) is 36.8 Å². The van der Waals surface area contributed by atoms with Gasteiger partial charge in [-0.25, -0.2) is 4.39 Å². The molecule has 1 nitrogen and oxygen atoms in total. The summed E-state index contributed by atoms with van der Waals surface area (Å²) in [6, 6.07) is 7.24. The van der Waals surface area contributed by atoms with Crippen LogP contribution in [0.5, 0.6) is 0 Å². The van der Waals surface area contributed by atoms with Gasteiger partial charge >= 0.3 is 0 Å². The van der Waals surface area contributed by atoms with Crippen LogP contribution >= 0.6 is 0 Å². The highest BCUT2D eigenvalue weighted by molar-refractivity contribution is 5.29. The first-order valence-electron chi connectivity index (χ1n) is 5.31. The quantitative estimate of drug-likeness (QED) is 0.723. The van der Waals surface area contributed by atoms with Crippen molar-refractivity contribution < 1.29 is 4.39 Å². The molecular weight excluding hydrogens is 189 g/mol. The molecular formula is C13H14FN. The molecule has 0 radical (unpaired) electrons. The van der Waals surface area contributed by atoms with Crippen molar-refractivity contribution in [3.05, 3.63) is 35.1 Å². The maximum absolute atomic E-state index is 12.9. The van der Waals surface area contributed by atoms with Gasteiger partial charge in [-0.2, -0.15) is 5.26 Å². The Kier molecular flexibility index (Phi) is 2.48. The van der Waals surface area contributed by atoms with Crippen LogP contribution in [0.3, 0.4) is 0 Å². The lowest BCUT2D eigenvalue weighted by Crippen LogP contribution is -2.30. The normalized spacial score (nSPS) is 17.9. The van der Waals surface area contributed by atoms with Gasteiger partial charge in [0.2, 0.25) is 0 Å². The van der Waals surface area contributed by atoms with Crippen molar-refractivity contribution in [3.8, 4) is 6.07 Å². The largest absolute Gasteiger partial charge is 0.207 e. The third kappa shape index (κ3) is 1.87. The van der Waals surface area contributed by atoms with Crippen LogP contribution in [0.15, 0.2) is 18.2 Å². The van der Waals surface area contributed by atoms with E-state index in [2.05, 4.69) is 6.07 Å². The maximum atomic E-state index is 12.9. The minimum absolute atomic E-state index is 0.164. The summed E-state index contributed by atoms with van der Waals surface area (Å²) in [7, 11) is 0. The molecule has 0 N–H and O–H groups in total. The van der Waals surface area contributed by atoms with Gasteiger partial charge in [0.15, 0.2) is 0 Å². The minimum atomic E-state index is -0.198. The van der Waals surface area contributed by atoms with E-state index < -0.39 is 0 Å². The summed E-state index contributed by atoms with van der Waals surface area (Å²) < 4.78 is 12.9. The fourth-order valence-corrected chi connectivity index (χ4v) is 2.15. The molecule has 0 spiro atoms. The van der Waals surface area contributed by atoms with Crippen molar-refractivity contribution >= 4 is 0 Å². The highest BCUT2D eigenvalue weighted by atomic mass is 19.1. The Morgan fingerprint density at radius 2 is 2.20 bits per heavy atom. The molecule has 0 unspecified atom stereocenters. The predicted molar refractivity (Wildman–Crippen MR) is 56.7 cm³/mol. The van der Waals surface area contributed by atoms with Crippen molar-refractivity contribution in [2.24, 2.45) is 5.41 Å². The first-order chi connectivity index (χ1) is 7.15. The number of halogens is 1. The van der Waals surface area contributed by atoms with Gasteiger partial charge in [0.25, 0.3) is 0 Å². The zero-order chi connectivity index (χ0) is 10.9. The van der Waals surface area contributed by atoms with Crippen LogP contribution in [-0.4, -0.2) is 0 Å². The van der Waals surface area contributed by atoms with Gasteiger partial charge in [-0.15, -0.1) is 0 Å². The number of hydrogen-bond donors (Lipinski definition) is 0. The highest BCUT2D eigenvalue weighted by Crippen LogP contribution is 2.43. The van der Waals surface area contributed by atoms with Crippen molar-refractivity contribution in [1.82, 2.24) is 0 Å². The Morgan fingerprint density at radius 1 is 1.47 bits per heavy atom. The maximum Gasteiger partial charge on any atom is 0.123 e. The van der Waals surface area contributed by atoms with Crippen LogP contribution in [0.25, 0.3) is 0 Å². The SMILES string of the molecule is Cc1cc(F)ccc1CC1(C#N)CCC1. The van der Waals surface area contributed by atoms with E-state index in [0.29, 0.717) is 0 Å². The first-order valence-corrected chi connectivity index (χ1v) is 5.31. The van der Waals surface area contributed by atoms with Crippen molar-refractivity contribution in [3.63, 3.8) is 0 Å². The molecule has 1 fully saturated rings. The van der Waals surface area contributed by atoms with Gasteiger partial charge in [-0.05, 0) is 49.4 Å². The average molecular weight is 203 g/mol. The molecule has 1 aromatic rings. The molecule has 2 heteroatoms. The summed E-state index contributed by atoms with van der Waals surface area (Å²) in [5, 5.41) is 9.12. The monoisotopic (exact) mass is 203 g/mol. The average Bonchev–Trinajstić information content (AvgIpc) is 2.14. The zero-order valence-corrected chi connectivity index (χ0v) is 8.89. The molecule has 0 amide bonds. The molecule has 1 aliphatic rings. The molecule has 15 heavy (non-hydrogen) atoms. The fraction of sp³-hybridized carbons (Fsp3) is 0.462.